The van der Waals surface area contributed by atoms with E-state index in [0.29, 0.717) is 18.9 Å². The van der Waals surface area contributed by atoms with Crippen molar-refractivity contribution in [1.29, 1.82) is 0 Å². The Hall–Kier alpha value is -1.94. The van der Waals surface area contributed by atoms with E-state index < -0.39 is 0 Å². The van der Waals surface area contributed by atoms with Crippen molar-refractivity contribution in [3.8, 4) is 0 Å². The Bertz CT molecular complexity index is 638. The summed E-state index contributed by atoms with van der Waals surface area (Å²) in [4.78, 5) is 21.0. The van der Waals surface area contributed by atoms with E-state index in [0.717, 1.165) is 38.2 Å². The van der Waals surface area contributed by atoms with Gasteiger partial charge in [-0.05, 0) is 43.7 Å². The maximum atomic E-state index is 12.4. The molecule has 1 fully saturated rings. The third-order valence-corrected chi connectivity index (χ3v) is 5.41. The normalized spacial score (nSPS) is 22.4. The van der Waals surface area contributed by atoms with Crippen molar-refractivity contribution in [2.45, 2.75) is 39.2 Å². The van der Waals surface area contributed by atoms with Crippen molar-refractivity contribution < 1.29 is 4.79 Å². The second-order valence-electron chi connectivity index (χ2n) is 7.38. The number of pyridine rings is 1. The molecule has 0 unspecified atom stereocenters. The first-order valence-corrected chi connectivity index (χ1v) is 9.34. The molecule has 0 N–H and O–H groups in total. The number of amides is 1. The number of carbonyl (C=O) groups is 1. The lowest BCUT2D eigenvalue weighted by Crippen LogP contribution is -2.33. The number of hydrogen-bond acceptors (Lipinski definition) is 3. The predicted molar refractivity (Wildman–Crippen MR) is 101 cm³/mol. The van der Waals surface area contributed by atoms with Crippen LogP contribution in [0.25, 0.3) is 0 Å². The van der Waals surface area contributed by atoms with Gasteiger partial charge in [-0.15, -0.1) is 0 Å². The lowest BCUT2D eigenvalue weighted by atomic mass is 9.85. The highest BCUT2D eigenvalue weighted by atomic mass is 16.2. The van der Waals surface area contributed by atoms with Crippen LogP contribution in [-0.2, 0) is 11.3 Å². The first kappa shape index (κ1) is 17.9. The molecule has 2 heterocycles. The molecule has 1 saturated heterocycles. The van der Waals surface area contributed by atoms with Gasteiger partial charge in [-0.2, -0.15) is 0 Å². The molecule has 1 aliphatic carbocycles. The van der Waals surface area contributed by atoms with Crippen LogP contribution in [0.3, 0.4) is 0 Å². The summed E-state index contributed by atoms with van der Waals surface area (Å²) in [5.41, 5.74) is 3.94. The molecule has 1 amide bonds. The molecular weight excluding hydrogens is 310 g/mol. The van der Waals surface area contributed by atoms with E-state index in [1.165, 1.54) is 24.0 Å². The van der Waals surface area contributed by atoms with Gasteiger partial charge in [0.05, 0.1) is 0 Å². The van der Waals surface area contributed by atoms with Gasteiger partial charge in [0.15, 0.2) is 0 Å². The Kier molecular flexibility index (Phi) is 6.03. The van der Waals surface area contributed by atoms with Crippen LogP contribution in [0.2, 0.25) is 0 Å². The van der Waals surface area contributed by atoms with Crippen LogP contribution in [0, 0.1) is 5.92 Å². The largest absolute Gasteiger partial charge is 0.337 e. The number of allylic oxidation sites excluding steroid dienone is 2. The summed E-state index contributed by atoms with van der Waals surface area (Å²) in [6.07, 6.45) is 10.2. The van der Waals surface area contributed by atoms with E-state index in [2.05, 4.69) is 29.5 Å². The fourth-order valence-electron chi connectivity index (χ4n) is 3.71. The van der Waals surface area contributed by atoms with E-state index >= 15 is 0 Å². The molecule has 1 aromatic rings. The van der Waals surface area contributed by atoms with Crippen molar-refractivity contribution in [3.63, 3.8) is 0 Å². The summed E-state index contributed by atoms with van der Waals surface area (Å²) in [6, 6.07) is 3.96. The first-order chi connectivity index (χ1) is 12.1. The fraction of sp³-hybridized carbons (Fsp3) is 0.524. The first-order valence-electron chi connectivity index (χ1n) is 9.34. The van der Waals surface area contributed by atoms with Crippen LogP contribution in [0.15, 0.2) is 48.3 Å². The second kappa shape index (κ2) is 8.43. The zero-order chi connectivity index (χ0) is 17.6. The third-order valence-electron chi connectivity index (χ3n) is 5.41. The SMILES string of the molecule is C=C(C)[C@@H]1CC=C(CN2CCC(=O)N(Cc3cccnc3)CC2)CC1. The summed E-state index contributed by atoms with van der Waals surface area (Å²) in [5.74, 6) is 0.913. The second-order valence-corrected chi connectivity index (χ2v) is 7.38. The molecule has 4 heteroatoms. The van der Waals surface area contributed by atoms with Gasteiger partial charge in [-0.3, -0.25) is 14.7 Å². The monoisotopic (exact) mass is 339 g/mol. The summed E-state index contributed by atoms with van der Waals surface area (Å²) >= 11 is 0. The third kappa shape index (κ3) is 5.02. The predicted octanol–water partition coefficient (Wildman–Crippen LogP) is 3.42. The highest BCUT2D eigenvalue weighted by Gasteiger charge is 2.22. The maximum absolute atomic E-state index is 12.4. The number of hydrogen-bond donors (Lipinski definition) is 0. The molecule has 2 aliphatic rings. The van der Waals surface area contributed by atoms with Crippen LogP contribution in [0.5, 0.6) is 0 Å². The minimum absolute atomic E-state index is 0.256. The van der Waals surface area contributed by atoms with Crippen molar-refractivity contribution >= 4 is 5.91 Å². The smallest absolute Gasteiger partial charge is 0.224 e. The number of carbonyl (C=O) groups excluding carboxylic acids is 1. The van der Waals surface area contributed by atoms with Crippen LogP contribution in [0.1, 0.15) is 38.2 Å². The fourth-order valence-corrected chi connectivity index (χ4v) is 3.71. The minimum atomic E-state index is 0.256. The van der Waals surface area contributed by atoms with Gasteiger partial charge in [0.1, 0.15) is 0 Å². The van der Waals surface area contributed by atoms with E-state index in [4.69, 9.17) is 0 Å². The van der Waals surface area contributed by atoms with Crippen molar-refractivity contribution in [3.05, 3.63) is 53.9 Å². The summed E-state index contributed by atoms with van der Waals surface area (Å²) in [5, 5.41) is 0. The van der Waals surface area contributed by atoms with Gasteiger partial charge in [0, 0.05) is 51.5 Å². The average molecular weight is 339 g/mol. The van der Waals surface area contributed by atoms with Crippen LogP contribution >= 0.6 is 0 Å². The van der Waals surface area contributed by atoms with E-state index in [1.54, 1.807) is 6.20 Å². The lowest BCUT2D eigenvalue weighted by Gasteiger charge is -2.27. The standard InChI is InChI=1S/C21H29N3O/c1-17(2)20-7-5-18(6-8-20)15-23-11-9-21(25)24(13-12-23)16-19-4-3-10-22-14-19/h3-5,10,14,20H,1,6-9,11-13,15-16H2,2H3/t20-/m1/s1. The zero-order valence-electron chi connectivity index (χ0n) is 15.3. The molecule has 0 bridgehead atoms. The zero-order valence-corrected chi connectivity index (χ0v) is 15.3. The summed E-state index contributed by atoms with van der Waals surface area (Å²) < 4.78 is 0. The molecule has 0 radical (unpaired) electrons. The number of rotatable bonds is 5. The molecule has 1 aromatic heterocycles. The quantitative estimate of drug-likeness (QED) is 0.771. The van der Waals surface area contributed by atoms with Crippen molar-refractivity contribution in [2.24, 2.45) is 5.92 Å². The molecule has 1 atom stereocenters. The molecule has 0 saturated carbocycles. The number of aromatic nitrogens is 1. The molecule has 134 valence electrons. The molecular formula is C21H29N3O. The van der Waals surface area contributed by atoms with E-state index in [-0.39, 0.29) is 5.91 Å². The van der Waals surface area contributed by atoms with Gasteiger partial charge < -0.3 is 4.90 Å². The Balaban J connectivity index is 1.53. The Morgan fingerprint density at radius 3 is 2.84 bits per heavy atom. The Morgan fingerprint density at radius 1 is 1.28 bits per heavy atom. The van der Waals surface area contributed by atoms with Gasteiger partial charge in [0.25, 0.3) is 0 Å². The molecule has 3 rings (SSSR count). The molecule has 0 aromatic carbocycles. The number of nitrogens with zero attached hydrogens (tertiary/aromatic N) is 3. The minimum Gasteiger partial charge on any atom is -0.337 e. The lowest BCUT2D eigenvalue weighted by molar-refractivity contribution is -0.130. The van der Waals surface area contributed by atoms with Crippen LogP contribution < -0.4 is 0 Å². The van der Waals surface area contributed by atoms with Gasteiger partial charge in [-0.1, -0.05) is 29.9 Å². The highest BCUT2D eigenvalue weighted by Crippen LogP contribution is 2.28. The van der Waals surface area contributed by atoms with E-state index in [1.807, 2.05) is 23.2 Å². The van der Waals surface area contributed by atoms with Gasteiger partial charge >= 0.3 is 0 Å². The van der Waals surface area contributed by atoms with Crippen molar-refractivity contribution in [1.82, 2.24) is 14.8 Å². The average Bonchev–Trinajstić information content (AvgIpc) is 2.79. The molecule has 1 aliphatic heterocycles. The molecule has 0 spiro atoms. The van der Waals surface area contributed by atoms with Gasteiger partial charge in [0.2, 0.25) is 5.91 Å². The summed E-state index contributed by atoms with van der Waals surface area (Å²) in [6.45, 7) is 10.5. The van der Waals surface area contributed by atoms with E-state index in [9.17, 15) is 4.79 Å². The van der Waals surface area contributed by atoms with Gasteiger partial charge in [-0.25, -0.2) is 0 Å². The Morgan fingerprint density at radius 2 is 2.16 bits per heavy atom. The topological polar surface area (TPSA) is 36.4 Å². The molecule has 25 heavy (non-hydrogen) atoms. The summed E-state index contributed by atoms with van der Waals surface area (Å²) in [7, 11) is 0. The van der Waals surface area contributed by atoms with Crippen LogP contribution in [0.4, 0.5) is 0 Å². The Labute approximate surface area is 151 Å². The van der Waals surface area contributed by atoms with Crippen molar-refractivity contribution in [2.75, 3.05) is 26.2 Å². The highest BCUT2D eigenvalue weighted by molar-refractivity contribution is 5.76. The molecule has 4 nitrogen and oxygen atoms in total. The maximum Gasteiger partial charge on any atom is 0.224 e. The van der Waals surface area contributed by atoms with Crippen LogP contribution in [-0.4, -0.2) is 46.9 Å².